The molecule has 0 aliphatic carbocycles. The van der Waals surface area contributed by atoms with Gasteiger partial charge in [0.2, 0.25) is 0 Å². The molecule has 2 heterocycles. The SMILES string of the molecule is CC[C@@H](C)c1nc2ccc(Br)cc2c(=O)n1N=Cc1cn([C@@H](C)CC)c2ccccc12. The van der Waals surface area contributed by atoms with Crippen molar-refractivity contribution in [2.45, 2.75) is 52.5 Å². The molecule has 4 rings (SSSR count). The highest BCUT2D eigenvalue weighted by Crippen LogP contribution is 2.25. The summed E-state index contributed by atoms with van der Waals surface area (Å²) in [6.45, 7) is 8.57. The first kappa shape index (κ1) is 21.5. The lowest BCUT2D eigenvalue weighted by molar-refractivity contribution is 0.548. The Bertz CT molecular complexity index is 1330. The highest BCUT2D eigenvalue weighted by Gasteiger charge is 2.16. The van der Waals surface area contributed by atoms with Crippen molar-refractivity contribution < 1.29 is 0 Å². The zero-order chi connectivity index (χ0) is 22.1. The number of nitrogens with zero attached hydrogens (tertiary/aromatic N) is 4. The van der Waals surface area contributed by atoms with Gasteiger partial charge in [-0.3, -0.25) is 4.79 Å². The third-order valence-corrected chi connectivity index (χ3v) is 6.53. The number of aromatic nitrogens is 3. The van der Waals surface area contributed by atoms with Crippen LogP contribution in [0.4, 0.5) is 0 Å². The normalized spacial score (nSPS) is 14.0. The molecule has 0 unspecified atom stereocenters. The Kier molecular flexibility index (Phi) is 6.10. The molecule has 0 amide bonds. The van der Waals surface area contributed by atoms with Gasteiger partial charge < -0.3 is 4.57 Å². The molecule has 160 valence electrons. The van der Waals surface area contributed by atoms with Crippen molar-refractivity contribution in [3.8, 4) is 0 Å². The summed E-state index contributed by atoms with van der Waals surface area (Å²) >= 11 is 3.46. The van der Waals surface area contributed by atoms with E-state index in [4.69, 9.17) is 4.98 Å². The van der Waals surface area contributed by atoms with Crippen molar-refractivity contribution in [3.63, 3.8) is 0 Å². The maximum absolute atomic E-state index is 13.3. The summed E-state index contributed by atoms with van der Waals surface area (Å²) in [5, 5.41) is 6.34. The average Bonchev–Trinajstić information content (AvgIpc) is 3.16. The lowest BCUT2D eigenvalue weighted by atomic mass is 10.1. The van der Waals surface area contributed by atoms with Crippen molar-refractivity contribution in [3.05, 3.63) is 74.9 Å². The summed E-state index contributed by atoms with van der Waals surface area (Å²) in [6.07, 6.45) is 5.83. The molecule has 4 aromatic rings. The smallest absolute Gasteiger partial charge is 0.282 e. The molecule has 31 heavy (non-hydrogen) atoms. The molecule has 0 fully saturated rings. The van der Waals surface area contributed by atoms with E-state index in [1.54, 1.807) is 6.21 Å². The van der Waals surface area contributed by atoms with Crippen LogP contribution in [0.3, 0.4) is 0 Å². The molecule has 2 aromatic carbocycles. The van der Waals surface area contributed by atoms with Crippen LogP contribution in [-0.4, -0.2) is 20.4 Å². The molecule has 0 saturated carbocycles. The molecule has 0 N–H and O–H groups in total. The predicted molar refractivity (Wildman–Crippen MR) is 132 cm³/mol. The third-order valence-electron chi connectivity index (χ3n) is 6.04. The van der Waals surface area contributed by atoms with Crippen LogP contribution in [0.1, 0.15) is 63.9 Å². The summed E-state index contributed by atoms with van der Waals surface area (Å²) < 4.78 is 4.60. The van der Waals surface area contributed by atoms with E-state index in [0.29, 0.717) is 22.8 Å². The van der Waals surface area contributed by atoms with Crippen molar-refractivity contribution in [1.82, 2.24) is 14.2 Å². The third kappa shape index (κ3) is 3.97. The summed E-state index contributed by atoms with van der Waals surface area (Å²) in [5.41, 5.74) is 2.72. The van der Waals surface area contributed by atoms with E-state index in [1.165, 1.54) is 10.2 Å². The molecule has 5 nitrogen and oxygen atoms in total. The highest BCUT2D eigenvalue weighted by molar-refractivity contribution is 9.10. The monoisotopic (exact) mass is 478 g/mol. The van der Waals surface area contributed by atoms with Crippen LogP contribution >= 0.6 is 15.9 Å². The number of halogens is 1. The lowest BCUT2D eigenvalue weighted by Gasteiger charge is -2.13. The minimum absolute atomic E-state index is 0.111. The maximum atomic E-state index is 13.3. The minimum atomic E-state index is -0.150. The van der Waals surface area contributed by atoms with Gasteiger partial charge in [-0.05, 0) is 44.0 Å². The van der Waals surface area contributed by atoms with Crippen LogP contribution in [-0.2, 0) is 0 Å². The van der Waals surface area contributed by atoms with Gasteiger partial charge in [0.25, 0.3) is 5.56 Å². The molecule has 0 radical (unpaired) electrons. The molecule has 2 aromatic heterocycles. The number of hydrogen-bond acceptors (Lipinski definition) is 3. The fourth-order valence-electron chi connectivity index (χ4n) is 3.80. The van der Waals surface area contributed by atoms with Gasteiger partial charge in [-0.15, -0.1) is 0 Å². The van der Waals surface area contributed by atoms with Gasteiger partial charge in [0, 0.05) is 39.1 Å². The van der Waals surface area contributed by atoms with Gasteiger partial charge in [-0.1, -0.05) is 54.9 Å². The molecule has 0 aliphatic rings. The number of fused-ring (bicyclic) bond motifs is 2. The first-order valence-electron chi connectivity index (χ1n) is 10.8. The Hall–Kier alpha value is -2.73. The lowest BCUT2D eigenvalue weighted by Crippen LogP contribution is -2.23. The molecule has 2 atom stereocenters. The summed E-state index contributed by atoms with van der Waals surface area (Å²) in [4.78, 5) is 18.1. The van der Waals surface area contributed by atoms with Crippen LogP contribution in [0.25, 0.3) is 21.8 Å². The van der Waals surface area contributed by atoms with Gasteiger partial charge in [0.1, 0.15) is 5.82 Å². The Balaban J connectivity index is 1.90. The van der Waals surface area contributed by atoms with E-state index >= 15 is 0 Å². The Morgan fingerprint density at radius 3 is 2.61 bits per heavy atom. The highest BCUT2D eigenvalue weighted by atomic mass is 79.9. The quantitative estimate of drug-likeness (QED) is 0.297. The Morgan fingerprint density at radius 1 is 1.10 bits per heavy atom. The second-order valence-electron chi connectivity index (χ2n) is 8.07. The standard InChI is InChI=1S/C25H27BrN4O/c1-5-16(3)24-28-22-12-11-19(26)13-21(22)25(31)30(24)27-14-18-15-29(17(4)6-2)23-10-8-7-9-20(18)23/h7-17H,5-6H2,1-4H3/t16-,17+/m1/s1. The summed E-state index contributed by atoms with van der Waals surface area (Å²) in [7, 11) is 0. The van der Waals surface area contributed by atoms with Crippen molar-refractivity contribution in [2.75, 3.05) is 0 Å². The molecular formula is C25H27BrN4O. The van der Waals surface area contributed by atoms with Gasteiger partial charge in [-0.2, -0.15) is 9.78 Å². The van der Waals surface area contributed by atoms with Gasteiger partial charge in [0.05, 0.1) is 17.1 Å². The first-order chi connectivity index (χ1) is 14.9. The second kappa shape index (κ2) is 8.79. The molecular weight excluding hydrogens is 452 g/mol. The number of para-hydroxylation sites is 1. The minimum Gasteiger partial charge on any atom is -0.344 e. The molecule has 6 heteroatoms. The predicted octanol–water partition coefficient (Wildman–Crippen LogP) is 6.48. The average molecular weight is 479 g/mol. The van der Waals surface area contributed by atoms with E-state index < -0.39 is 0 Å². The number of rotatable bonds is 6. The molecule has 0 aliphatic heterocycles. The zero-order valence-corrected chi connectivity index (χ0v) is 19.9. The molecule has 0 saturated heterocycles. The van der Waals surface area contributed by atoms with E-state index in [0.717, 1.165) is 28.3 Å². The number of hydrogen-bond donors (Lipinski definition) is 0. The summed E-state index contributed by atoms with van der Waals surface area (Å²) in [6, 6.07) is 14.3. The van der Waals surface area contributed by atoms with E-state index in [2.05, 4.69) is 77.7 Å². The van der Waals surface area contributed by atoms with Crippen molar-refractivity contribution in [2.24, 2.45) is 5.10 Å². The van der Waals surface area contributed by atoms with Crippen LogP contribution in [0.5, 0.6) is 0 Å². The van der Waals surface area contributed by atoms with Gasteiger partial charge >= 0.3 is 0 Å². The largest absolute Gasteiger partial charge is 0.344 e. The Labute approximate surface area is 190 Å². The zero-order valence-electron chi connectivity index (χ0n) is 18.3. The van der Waals surface area contributed by atoms with Gasteiger partial charge in [0.15, 0.2) is 0 Å². The van der Waals surface area contributed by atoms with Crippen molar-refractivity contribution >= 4 is 44.0 Å². The van der Waals surface area contributed by atoms with Gasteiger partial charge in [-0.25, -0.2) is 4.98 Å². The molecule has 0 bridgehead atoms. The van der Waals surface area contributed by atoms with Crippen LogP contribution < -0.4 is 5.56 Å². The summed E-state index contributed by atoms with van der Waals surface area (Å²) in [5.74, 6) is 0.795. The molecule has 0 spiro atoms. The fourth-order valence-corrected chi connectivity index (χ4v) is 4.16. The fraction of sp³-hybridized carbons (Fsp3) is 0.320. The van der Waals surface area contributed by atoms with Crippen LogP contribution in [0.15, 0.2) is 63.0 Å². The van der Waals surface area contributed by atoms with E-state index in [9.17, 15) is 4.79 Å². The Morgan fingerprint density at radius 2 is 1.87 bits per heavy atom. The van der Waals surface area contributed by atoms with Crippen molar-refractivity contribution in [1.29, 1.82) is 0 Å². The second-order valence-corrected chi connectivity index (χ2v) is 8.98. The number of benzene rings is 2. The first-order valence-corrected chi connectivity index (χ1v) is 11.6. The topological polar surface area (TPSA) is 52.2 Å². The van der Waals surface area contributed by atoms with Crippen LogP contribution in [0, 0.1) is 0 Å². The van der Waals surface area contributed by atoms with E-state index in [1.807, 2.05) is 24.3 Å². The maximum Gasteiger partial charge on any atom is 0.282 e. The van der Waals surface area contributed by atoms with E-state index in [-0.39, 0.29) is 11.5 Å². The van der Waals surface area contributed by atoms with Crippen LogP contribution in [0.2, 0.25) is 0 Å².